The highest BCUT2D eigenvalue weighted by Crippen LogP contribution is 2.43. The Hall–Kier alpha value is -3.85. The highest BCUT2D eigenvalue weighted by molar-refractivity contribution is 6.03. The number of hydrogen-bond acceptors (Lipinski definition) is 7. The largest absolute Gasteiger partial charge is 0.359 e. The van der Waals surface area contributed by atoms with Gasteiger partial charge in [-0.2, -0.15) is 0 Å². The summed E-state index contributed by atoms with van der Waals surface area (Å²) >= 11 is 0. The van der Waals surface area contributed by atoms with E-state index in [0.29, 0.717) is 23.7 Å². The molecule has 3 heterocycles. The first kappa shape index (κ1) is 29.1. The predicted molar refractivity (Wildman–Crippen MR) is 154 cm³/mol. The van der Waals surface area contributed by atoms with Crippen LogP contribution in [0.15, 0.2) is 53.2 Å². The molecule has 1 aliphatic heterocycles. The van der Waals surface area contributed by atoms with Gasteiger partial charge >= 0.3 is 0 Å². The number of likely N-dealkylation sites (tertiary alicyclic amines) is 1. The fraction of sp³-hybridized carbons (Fsp3) is 0.452. The summed E-state index contributed by atoms with van der Waals surface area (Å²) in [7, 11) is 2.05. The highest BCUT2D eigenvalue weighted by atomic mass is 16.5. The number of Topliss-reactive ketones (excluding diaryl/α,β-unsaturated/α-hetero) is 1. The van der Waals surface area contributed by atoms with Gasteiger partial charge in [0.05, 0.1) is 12.3 Å². The first-order valence-corrected chi connectivity index (χ1v) is 13.5. The minimum absolute atomic E-state index is 0.150. The average Bonchev–Trinajstić information content (AvgIpc) is 3.33. The summed E-state index contributed by atoms with van der Waals surface area (Å²) in [5.74, 6) is 0.343. The molecular weight excluding hydrogens is 506 g/mol. The van der Waals surface area contributed by atoms with Gasteiger partial charge in [0, 0.05) is 40.9 Å². The van der Waals surface area contributed by atoms with Crippen molar-refractivity contribution in [2.24, 2.45) is 0 Å². The lowest BCUT2D eigenvalue weighted by atomic mass is 9.69. The number of nitrogens with one attached hydrogen (secondary N) is 2. The number of carbonyl (C=O) groups is 3. The molecular formula is C31H39N5O4. The van der Waals surface area contributed by atoms with E-state index in [0.717, 1.165) is 11.1 Å². The molecule has 1 atom stereocenters. The third kappa shape index (κ3) is 6.14. The molecule has 2 aromatic heterocycles. The van der Waals surface area contributed by atoms with E-state index in [2.05, 4.69) is 53.4 Å². The molecule has 212 valence electrons. The van der Waals surface area contributed by atoms with Crippen molar-refractivity contribution in [2.75, 3.05) is 17.7 Å². The van der Waals surface area contributed by atoms with Crippen molar-refractivity contribution < 1.29 is 18.9 Å². The van der Waals surface area contributed by atoms with Crippen molar-refractivity contribution in [3.05, 3.63) is 71.2 Å². The highest BCUT2D eigenvalue weighted by Gasteiger charge is 2.50. The van der Waals surface area contributed by atoms with Crippen LogP contribution in [0.1, 0.15) is 88.2 Å². The van der Waals surface area contributed by atoms with Crippen molar-refractivity contribution in [1.29, 1.82) is 0 Å². The molecule has 1 aliphatic rings. The minimum atomic E-state index is -0.395. The summed E-state index contributed by atoms with van der Waals surface area (Å²) in [5, 5.41) is 9.50. The van der Waals surface area contributed by atoms with Gasteiger partial charge in [0.2, 0.25) is 5.91 Å². The van der Waals surface area contributed by atoms with Gasteiger partial charge in [0.25, 0.3) is 5.91 Å². The molecule has 3 aromatic rings. The molecule has 1 unspecified atom stereocenters. The summed E-state index contributed by atoms with van der Waals surface area (Å²) in [4.78, 5) is 45.0. The van der Waals surface area contributed by atoms with E-state index in [1.54, 1.807) is 42.6 Å². The molecule has 0 bridgehead atoms. The molecule has 2 amide bonds. The van der Waals surface area contributed by atoms with Gasteiger partial charge in [-0.3, -0.25) is 24.3 Å². The number of ketones is 1. The van der Waals surface area contributed by atoms with E-state index >= 15 is 0 Å². The number of carbonyl (C=O) groups excluding carboxylic acids is 3. The quantitative estimate of drug-likeness (QED) is 0.429. The number of aromatic nitrogens is 2. The zero-order valence-electron chi connectivity index (χ0n) is 24.6. The zero-order chi connectivity index (χ0) is 29.5. The molecule has 1 saturated heterocycles. The van der Waals surface area contributed by atoms with E-state index in [-0.39, 0.29) is 46.6 Å². The zero-order valence-corrected chi connectivity index (χ0v) is 24.6. The van der Waals surface area contributed by atoms with Crippen molar-refractivity contribution in [3.8, 4) is 0 Å². The van der Waals surface area contributed by atoms with Crippen molar-refractivity contribution >= 4 is 29.1 Å². The third-order valence-corrected chi connectivity index (χ3v) is 7.85. The summed E-state index contributed by atoms with van der Waals surface area (Å²) < 4.78 is 5.31. The first-order chi connectivity index (χ1) is 18.6. The smallest absolute Gasteiger partial charge is 0.274 e. The Morgan fingerprint density at radius 2 is 1.73 bits per heavy atom. The molecule has 0 saturated carbocycles. The lowest BCUT2D eigenvalue weighted by Crippen LogP contribution is -2.62. The van der Waals surface area contributed by atoms with Crippen LogP contribution in [0.3, 0.4) is 0 Å². The molecule has 0 radical (unpaired) electrons. The molecule has 4 rings (SSSR count). The van der Waals surface area contributed by atoms with Crippen LogP contribution < -0.4 is 10.6 Å². The molecule has 40 heavy (non-hydrogen) atoms. The molecule has 2 N–H and O–H groups in total. The Balaban J connectivity index is 1.35. The fourth-order valence-electron chi connectivity index (χ4n) is 5.28. The van der Waals surface area contributed by atoms with Gasteiger partial charge in [-0.05, 0) is 64.1 Å². The summed E-state index contributed by atoms with van der Waals surface area (Å²) in [6.45, 7) is 14.3. The minimum Gasteiger partial charge on any atom is -0.359 e. The molecule has 9 nitrogen and oxygen atoms in total. The SMILES string of the molecule is CN1C(C)(C)CC(=O)C(c2ccc(C(=O)Nc3ccc(CC(=O)Nc4cc(C(C)(C)C)on4)cc3)nc2)C1(C)C. The number of nitrogens with zero attached hydrogens (tertiary/aromatic N) is 3. The number of pyridine rings is 1. The standard InChI is InChI=1S/C31H39N5O4/c1-29(2,3)24-16-25(35-40-24)34-26(38)15-19-9-12-21(13-10-19)33-28(39)22-14-11-20(18-32-22)27-23(37)17-30(4,5)36(8)31(27,6)7/h9-14,16,18,27H,15,17H2,1-8H3,(H,33,39)(H,34,35,38). The van der Waals surface area contributed by atoms with Crippen LogP contribution in [0.4, 0.5) is 11.5 Å². The van der Waals surface area contributed by atoms with E-state index in [1.807, 2.05) is 33.9 Å². The van der Waals surface area contributed by atoms with E-state index in [1.165, 1.54) is 0 Å². The van der Waals surface area contributed by atoms with Gasteiger partial charge in [-0.25, -0.2) is 0 Å². The Morgan fingerprint density at radius 1 is 1.05 bits per heavy atom. The van der Waals surface area contributed by atoms with Crippen LogP contribution >= 0.6 is 0 Å². The van der Waals surface area contributed by atoms with Gasteiger partial charge in [0.15, 0.2) is 5.82 Å². The monoisotopic (exact) mass is 545 g/mol. The molecule has 9 heteroatoms. The van der Waals surface area contributed by atoms with Crippen molar-refractivity contribution in [2.45, 2.75) is 83.7 Å². The number of hydrogen-bond donors (Lipinski definition) is 2. The van der Waals surface area contributed by atoms with Crippen LogP contribution in [0, 0.1) is 0 Å². The maximum Gasteiger partial charge on any atom is 0.274 e. The number of anilines is 2. The van der Waals surface area contributed by atoms with Gasteiger partial charge < -0.3 is 15.2 Å². The molecule has 0 spiro atoms. The predicted octanol–water partition coefficient (Wildman–Crippen LogP) is 5.35. The van der Waals surface area contributed by atoms with E-state index < -0.39 is 5.54 Å². The van der Waals surface area contributed by atoms with Crippen molar-refractivity contribution in [1.82, 2.24) is 15.0 Å². The van der Waals surface area contributed by atoms with E-state index in [4.69, 9.17) is 4.52 Å². The van der Waals surface area contributed by atoms with Crippen LogP contribution in [0.25, 0.3) is 0 Å². The summed E-state index contributed by atoms with van der Waals surface area (Å²) in [6, 6.07) is 12.2. The van der Waals surface area contributed by atoms with Gasteiger partial charge in [-0.15, -0.1) is 0 Å². The number of piperidine rings is 1. The second-order valence-corrected chi connectivity index (χ2v) is 12.8. The average molecular weight is 546 g/mol. The molecule has 0 aliphatic carbocycles. The Morgan fingerprint density at radius 3 is 2.30 bits per heavy atom. The summed E-state index contributed by atoms with van der Waals surface area (Å²) in [6.07, 6.45) is 2.24. The van der Waals surface area contributed by atoms with Crippen LogP contribution in [0.5, 0.6) is 0 Å². The topological polar surface area (TPSA) is 117 Å². The molecule has 1 aromatic carbocycles. The number of rotatable bonds is 6. The lowest BCUT2D eigenvalue weighted by Gasteiger charge is -2.54. The normalized spacial score (nSPS) is 18.8. The number of benzene rings is 1. The summed E-state index contributed by atoms with van der Waals surface area (Å²) in [5.41, 5.74) is 1.60. The lowest BCUT2D eigenvalue weighted by molar-refractivity contribution is -0.135. The number of amides is 2. The maximum atomic E-state index is 13.1. The Bertz CT molecular complexity index is 1400. The van der Waals surface area contributed by atoms with Gasteiger partial charge in [-0.1, -0.05) is 44.1 Å². The first-order valence-electron chi connectivity index (χ1n) is 13.5. The third-order valence-electron chi connectivity index (χ3n) is 7.85. The Kier molecular flexibility index (Phi) is 7.73. The Labute approximate surface area is 235 Å². The van der Waals surface area contributed by atoms with Crippen LogP contribution in [0.2, 0.25) is 0 Å². The second-order valence-electron chi connectivity index (χ2n) is 12.8. The maximum absolute atomic E-state index is 13.1. The van der Waals surface area contributed by atoms with E-state index in [9.17, 15) is 14.4 Å². The second kappa shape index (κ2) is 10.6. The number of likely N-dealkylation sites (N-methyl/N-ethyl adjacent to an activating group) is 1. The fourth-order valence-corrected chi connectivity index (χ4v) is 5.28. The van der Waals surface area contributed by atoms with Gasteiger partial charge in [0.1, 0.15) is 17.2 Å². The van der Waals surface area contributed by atoms with Crippen molar-refractivity contribution in [3.63, 3.8) is 0 Å². The molecule has 1 fully saturated rings. The van der Waals surface area contributed by atoms with Crippen LogP contribution in [-0.2, 0) is 21.4 Å². The van der Waals surface area contributed by atoms with Crippen LogP contribution in [-0.4, -0.2) is 50.8 Å².